The Morgan fingerprint density at radius 1 is 1.37 bits per heavy atom. The molecule has 3 N–H and O–H groups in total. The molecule has 10 heteroatoms. The molecule has 0 bridgehead atoms. The van der Waals surface area contributed by atoms with Crippen LogP contribution in [0.2, 0.25) is 0 Å². The van der Waals surface area contributed by atoms with Crippen LogP contribution < -0.4 is 16.1 Å². The highest BCUT2D eigenvalue weighted by atomic mass is 35.5. The van der Waals surface area contributed by atoms with E-state index in [1.54, 1.807) is 4.57 Å². The molecule has 1 saturated carbocycles. The number of alkyl halides is 1. The fraction of sp³-hybridized carbons (Fsp3) is 0.471. The van der Waals surface area contributed by atoms with E-state index in [1.807, 2.05) is 0 Å². The summed E-state index contributed by atoms with van der Waals surface area (Å²) in [6.07, 6.45) is 1.76. The predicted octanol–water partition coefficient (Wildman–Crippen LogP) is 1.72. The van der Waals surface area contributed by atoms with Crippen LogP contribution in [-0.2, 0) is 0 Å². The van der Waals surface area contributed by atoms with Crippen molar-refractivity contribution in [3.63, 3.8) is 0 Å². The molecule has 0 aromatic carbocycles. The molecule has 3 heterocycles. The lowest BCUT2D eigenvalue weighted by atomic mass is 10.1. The summed E-state index contributed by atoms with van der Waals surface area (Å²) in [5.41, 5.74) is 4.59. The number of carboxylic acids is 1. The monoisotopic (exact) mass is 400 g/mol. The standard InChI is InChI=1S/C17H18F2N4O3.ClH/c18-12-3-10-14(24)11(17(25)26)6-23(9-1-2-9)15(10)21-16(12)22-5-8(4-20)13(19)7-22;/h3,6,8-9,13H,1-2,4-5,7,20H2,(H,25,26);1H. The van der Waals surface area contributed by atoms with Crippen LogP contribution in [0.1, 0.15) is 29.2 Å². The van der Waals surface area contributed by atoms with Crippen LogP contribution in [0, 0.1) is 11.7 Å². The minimum Gasteiger partial charge on any atom is -0.477 e. The van der Waals surface area contributed by atoms with Gasteiger partial charge < -0.3 is 20.3 Å². The fourth-order valence-corrected chi connectivity index (χ4v) is 3.47. The lowest BCUT2D eigenvalue weighted by molar-refractivity contribution is 0.0695. The van der Waals surface area contributed by atoms with Crippen molar-refractivity contribution in [1.82, 2.24) is 9.55 Å². The summed E-state index contributed by atoms with van der Waals surface area (Å²) in [5.74, 6) is -2.56. The topological polar surface area (TPSA) is 101 Å². The zero-order valence-corrected chi connectivity index (χ0v) is 15.1. The van der Waals surface area contributed by atoms with Gasteiger partial charge in [-0.05, 0) is 25.5 Å². The van der Waals surface area contributed by atoms with E-state index in [4.69, 9.17) is 5.73 Å². The zero-order valence-electron chi connectivity index (χ0n) is 14.3. The Morgan fingerprint density at radius 3 is 2.63 bits per heavy atom. The Labute approximate surface area is 159 Å². The minimum atomic E-state index is -1.36. The van der Waals surface area contributed by atoms with Crippen LogP contribution in [-0.4, -0.2) is 46.4 Å². The molecule has 0 spiro atoms. The summed E-state index contributed by atoms with van der Waals surface area (Å²) in [6, 6.07) is 1.04. The maximum Gasteiger partial charge on any atom is 0.341 e. The van der Waals surface area contributed by atoms with Gasteiger partial charge in [-0.1, -0.05) is 0 Å². The van der Waals surface area contributed by atoms with Gasteiger partial charge in [0.15, 0.2) is 11.6 Å². The van der Waals surface area contributed by atoms with E-state index in [-0.39, 0.29) is 54.9 Å². The molecule has 7 nitrogen and oxygen atoms in total. The SMILES string of the molecule is Cl.NCC1CN(c2nc3c(cc2F)c(=O)c(C(=O)O)cn3C2CC2)CC1F. The lowest BCUT2D eigenvalue weighted by Gasteiger charge is -2.19. The van der Waals surface area contributed by atoms with Crippen molar-refractivity contribution in [2.75, 3.05) is 24.5 Å². The van der Waals surface area contributed by atoms with E-state index in [9.17, 15) is 23.5 Å². The van der Waals surface area contributed by atoms with Gasteiger partial charge in [0.1, 0.15) is 17.4 Å². The zero-order chi connectivity index (χ0) is 18.6. The first kappa shape index (κ1) is 19.5. The number of halogens is 3. The summed E-state index contributed by atoms with van der Waals surface area (Å²) in [5, 5.41) is 9.17. The first-order chi connectivity index (χ1) is 12.4. The number of pyridine rings is 2. The third-order valence-corrected chi connectivity index (χ3v) is 5.07. The van der Waals surface area contributed by atoms with Crippen molar-refractivity contribution in [3.05, 3.63) is 33.9 Å². The summed E-state index contributed by atoms with van der Waals surface area (Å²) in [7, 11) is 0. The van der Waals surface area contributed by atoms with Gasteiger partial charge in [0.05, 0.1) is 11.9 Å². The van der Waals surface area contributed by atoms with Crippen LogP contribution in [0.25, 0.3) is 11.0 Å². The second-order valence-corrected chi connectivity index (χ2v) is 6.90. The number of carbonyl (C=O) groups is 1. The molecule has 2 aliphatic rings. The number of hydrogen-bond acceptors (Lipinski definition) is 5. The highest BCUT2D eigenvalue weighted by Gasteiger charge is 2.35. The normalized spacial score (nSPS) is 22.1. The number of hydrogen-bond donors (Lipinski definition) is 2. The maximum absolute atomic E-state index is 14.6. The van der Waals surface area contributed by atoms with Gasteiger partial charge in [-0.15, -0.1) is 12.4 Å². The molecular formula is C17H19ClF2N4O3. The van der Waals surface area contributed by atoms with Gasteiger partial charge in [0.2, 0.25) is 5.43 Å². The number of nitrogens with two attached hydrogens (primary N) is 1. The Bertz CT molecular complexity index is 963. The number of nitrogens with zero attached hydrogens (tertiary/aromatic N) is 3. The fourth-order valence-electron chi connectivity index (χ4n) is 3.47. The van der Waals surface area contributed by atoms with Gasteiger partial charge >= 0.3 is 5.97 Å². The summed E-state index contributed by atoms with van der Waals surface area (Å²) in [6.45, 7) is 0.383. The van der Waals surface area contributed by atoms with Crippen LogP contribution >= 0.6 is 12.4 Å². The average molecular weight is 401 g/mol. The van der Waals surface area contributed by atoms with E-state index < -0.39 is 34.9 Å². The average Bonchev–Trinajstić information content (AvgIpc) is 3.37. The molecule has 1 saturated heterocycles. The number of aromatic nitrogens is 2. The molecule has 146 valence electrons. The van der Waals surface area contributed by atoms with E-state index in [0.717, 1.165) is 18.9 Å². The summed E-state index contributed by atoms with van der Waals surface area (Å²) in [4.78, 5) is 29.5. The molecule has 2 fully saturated rings. The molecule has 27 heavy (non-hydrogen) atoms. The highest BCUT2D eigenvalue weighted by Crippen LogP contribution is 2.37. The molecule has 2 atom stereocenters. The number of carboxylic acid groups (broad SMARTS) is 1. The maximum atomic E-state index is 14.6. The number of rotatable bonds is 4. The second-order valence-electron chi connectivity index (χ2n) is 6.90. The third kappa shape index (κ3) is 3.25. The molecule has 0 amide bonds. The largest absolute Gasteiger partial charge is 0.477 e. The van der Waals surface area contributed by atoms with E-state index in [1.165, 1.54) is 11.1 Å². The molecule has 0 radical (unpaired) electrons. The molecule has 2 aromatic rings. The first-order valence-electron chi connectivity index (χ1n) is 8.48. The van der Waals surface area contributed by atoms with Gasteiger partial charge in [0.25, 0.3) is 0 Å². The quantitative estimate of drug-likeness (QED) is 0.810. The van der Waals surface area contributed by atoms with E-state index in [0.29, 0.717) is 0 Å². The van der Waals surface area contributed by atoms with Crippen molar-refractivity contribution >= 4 is 35.2 Å². The predicted molar refractivity (Wildman–Crippen MR) is 98.1 cm³/mol. The Hall–Kier alpha value is -2.26. The molecule has 2 unspecified atom stereocenters. The second kappa shape index (κ2) is 7.05. The van der Waals surface area contributed by atoms with Crippen molar-refractivity contribution in [3.8, 4) is 0 Å². The highest BCUT2D eigenvalue weighted by molar-refractivity contribution is 5.92. The van der Waals surface area contributed by atoms with Crippen molar-refractivity contribution in [1.29, 1.82) is 0 Å². The van der Waals surface area contributed by atoms with Crippen LogP contribution in [0.4, 0.5) is 14.6 Å². The van der Waals surface area contributed by atoms with Crippen LogP contribution in [0.3, 0.4) is 0 Å². The van der Waals surface area contributed by atoms with E-state index >= 15 is 0 Å². The lowest BCUT2D eigenvalue weighted by Crippen LogP contribution is -2.26. The Kier molecular flexibility index (Phi) is 5.09. The number of aromatic carboxylic acids is 1. The molecule has 1 aliphatic carbocycles. The first-order valence-corrected chi connectivity index (χ1v) is 8.48. The Balaban J connectivity index is 0.00000210. The summed E-state index contributed by atoms with van der Waals surface area (Å²) < 4.78 is 30.3. The van der Waals surface area contributed by atoms with Crippen LogP contribution in [0.5, 0.6) is 0 Å². The van der Waals surface area contributed by atoms with Crippen LogP contribution in [0.15, 0.2) is 17.1 Å². The van der Waals surface area contributed by atoms with Gasteiger partial charge in [-0.3, -0.25) is 4.79 Å². The van der Waals surface area contributed by atoms with Gasteiger partial charge in [0, 0.05) is 24.7 Å². The molecule has 1 aliphatic heterocycles. The number of fused-ring (bicyclic) bond motifs is 1. The van der Waals surface area contributed by atoms with Crippen molar-refractivity contribution in [2.24, 2.45) is 11.7 Å². The third-order valence-electron chi connectivity index (χ3n) is 5.07. The number of anilines is 1. The van der Waals surface area contributed by atoms with Crippen molar-refractivity contribution < 1.29 is 18.7 Å². The van der Waals surface area contributed by atoms with Gasteiger partial charge in [-0.25, -0.2) is 18.6 Å². The van der Waals surface area contributed by atoms with E-state index in [2.05, 4.69) is 4.98 Å². The summed E-state index contributed by atoms with van der Waals surface area (Å²) >= 11 is 0. The van der Waals surface area contributed by atoms with Gasteiger partial charge in [-0.2, -0.15) is 0 Å². The minimum absolute atomic E-state index is 0. The Morgan fingerprint density at radius 2 is 2.07 bits per heavy atom. The van der Waals surface area contributed by atoms with Crippen molar-refractivity contribution in [2.45, 2.75) is 25.1 Å². The molecular weight excluding hydrogens is 382 g/mol. The smallest absolute Gasteiger partial charge is 0.341 e. The molecule has 2 aromatic heterocycles. The molecule has 4 rings (SSSR count).